The number of hydrogen-bond donors (Lipinski definition) is 0. The molecule has 0 spiro atoms. The van der Waals surface area contributed by atoms with Gasteiger partial charge in [-0.2, -0.15) is 0 Å². The lowest BCUT2D eigenvalue weighted by atomic mass is 9.97. The Kier molecular flexibility index (Phi) is 6.68. The van der Waals surface area contributed by atoms with Crippen molar-refractivity contribution in [2.75, 3.05) is 33.9 Å². The lowest BCUT2D eigenvalue weighted by Crippen LogP contribution is -2.36. The Bertz CT molecular complexity index is 769. The minimum Gasteiger partial charge on any atom is -0.493 e. The van der Waals surface area contributed by atoms with E-state index in [9.17, 15) is 4.79 Å². The van der Waals surface area contributed by atoms with Gasteiger partial charge in [-0.25, -0.2) is 4.98 Å². The van der Waals surface area contributed by atoms with Crippen LogP contribution in [0.15, 0.2) is 23.6 Å². The molecule has 1 saturated heterocycles. The molecular formula is C20H26N2O4S. The second-order valence-corrected chi connectivity index (χ2v) is 7.37. The number of aromatic nitrogens is 1. The molecular weight excluding hydrogens is 364 g/mol. The predicted octanol–water partition coefficient (Wildman–Crippen LogP) is 3.60. The average Bonchev–Trinajstić information content (AvgIpc) is 3.16. The quantitative estimate of drug-likeness (QED) is 0.673. The average molecular weight is 391 g/mol. The van der Waals surface area contributed by atoms with E-state index in [1.165, 1.54) is 0 Å². The molecule has 0 amide bonds. The normalized spacial score (nSPS) is 15.5. The lowest BCUT2D eigenvalue weighted by molar-refractivity contribution is -0.149. The molecule has 1 aliphatic rings. The second kappa shape index (κ2) is 9.19. The van der Waals surface area contributed by atoms with E-state index in [0.717, 1.165) is 48.7 Å². The summed E-state index contributed by atoms with van der Waals surface area (Å²) in [4.78, 5) is 19.0. The standard InChI is InChI=1S/C20H26N2O4S/c1-4-26-20(23)14-7-9-22(10-8-14)12-16-13-27-19(21-16)15-5-6-17(24-2)18(11-15)25-3/h5-6,11,13-14H,4,7-10,12H2,1-3H3. The van der Waals surface area contributed by atoms with E-state index in [1.54, 1.807) is 25.6 Å². The van der Waals surface area contributed by atoms with Gasteiger partial charge in [0, 0.05) is 17.5 Å². The molecule has 27 heavy (non-hydrogen) atoms. The van der Waals surface area contributed by atoms with E-state index in [2.05, 4.69) is 10.3 Å². The van der Waals surface area contributed by atoms with Gasteiger partial charge in [-0.15, -0.1) is 11.3 Å². The molecule has 3 rings (SSSR count). The summed E-state index contributed by atoms with van der Waals surface area (Å²) in [6.07, 6.45) is 1.71. The number of nitrogens with zero attached hydrogens (tertiary/aromatic N) is 2. The van der Waals surface area contributed by atoms with Gasteiger partial charge >= 0.3 is 5.97 Å². The first kappa shape index (κ1) is 19.6. The van der Waals surface area contributed by atoms with Crippen molar-refractivity contribution >= 4 is 17.3 Å². The Balaban J connectivity index is 1.60. The molecule has 0 N–H and O–H groups in total. The Hall–Kier alpha value is -2.12. The van der Waals surface area contributed by atoms with E-state index in [-0.39, 0.29) is 11.9 Å². The molecule has 7 heteroatoms. The van der Waals surface area contributed by atoms with E-state index >= 15 is 0 Å². The van der Waals surface area contributed by atoms with Crippen LogP contribution < -0.4 is 9.47 Å². The zero-order chi connectivity index (χ0) is 19.2. The smallest absolute Gasteiger partial charge is 0.309 e. The Labute approximate surface area is 164 Å². The van der Waals surface area contributed by atoms with Gasteiger partial charge in [0.2, 0.25) is 0 Å². The van der Waals surface area contributed by atoms with Gasteiger partial charge in [-0.1, -0.05) is 0 Å². The van der Waals surface area contributed by atoms with Crippen molar-refractivity contribution in [3.63, 3.8) is 0 Å². The van der Waals surface area contributed by atoms with Gasteiger partial charge in [0.1, 0.15) is 5.01 Å². The number of likely N-dealkylation sites (tertiary alicyclic amines) is 1. The van der Waals surface area contributed by atoms with Crippen LogP contribution in [0.2, 0.25) is 0 Å². The first-order chi connectivity index (χ1) is 13.1. The summed E-state index contributed by atoms with van der Waals surface area (Å²) in [6.45, 7) is 4.90. The molecule has 0 radical (unpaired) electrons. The summed E-state index contributed by atoms with van der Waals surface area (Å²) in [5.74, 6) is 1.40. The molecule has 0 aliphatic carbocycles. The molecule has 1 aliphatic heterocycles. The Morgan fingerprint density at radius 3 is 2.63 bits per heavy atom. The maximum atomic E-state index is 11.9. The predicted molar refractivity (Wildman–Crippen MR) is 105 cm³/mol. The van der Waals surface area contributed by atoms with Crippen molar-refractivity contribution in [1.82, 2.24) is 9.88 Å². The number of piperidine rings is 1. The van der Waals surface area contributed by atoms with Crippen LogP contribution in [0.5, 0.6) is 11.5 Å². The molecule has 0 saturated carbocycles. The van der Waals surface area contributed by atoms with Gasteiger partial charge in [-0.05, 0) is 51.1 Å². The molecule has 146 valence electrons. The summed E-state index contributed by atoms with van der Waals surface area (Å²) in [7, 11) is 3.26. The van der Waals surface area contributed by atoms with Gasteiger partial charge < -0.3 is 14.2 Å². The van der Waals surface area contributed by atoms with Crippen molar-refractivity contribution in [3.8, 4) is 22.1 Å². The SMILES string of the molecule is CCOC(=O)C1CCN(Cc2csc(-c3ccc(OC)c(OC)c3)n2)CC1. The molecule has 0 atom stereocenters. The summed E-state index contributed by atoms with van der Waals surface area (Å²) >= 11 is 1.63. The number of carbonyl (C=O) groups is 1. The van der Waals surface area contributed by atoms with E-state index in [1.807, 2.05) is 25.1 Å². The third-order valence-corrected chi connectivity index (χ3v) is 5.72. The van der Waals surface area contributed by atoms with Crippen LogP contribution in [-0.4, -0.2) is 49.8 Å². The molecule has 6 nitrogen and oxygen atoms in total. The summed E-state index contributed by atoms with van der Waals surface area (Å²) in [5, 5.41) is 3.07. The van der Waals surface area contributed by atoms with Gasteiger partial charge in [-0.3, -0.25) is 9.69 Å². The highest BCUT2D eigenvalue weighted by Gasteiger charge is 2.26. The summed E-state index contributed by atoms with van der Waals surface area (Å²) < 4.78 is 15.8. The maximum absolute atomic E-state index is 11.9. The van der Waals surface area contributed by atoms with Crippen LogP contribution in [0.4, 0.5) is 0 Å². The zero-order valence-corrected chi connectivity index (χ0v) is 16.9. The largest absolute Gasteiger partial charge is 0.493 e. The number of rotatable bonds is 7. The van der Waals surface area contributed by atoms with E-state index in [4.69, 9.17) is 19.2 Å². The highest BCUT2D eigenvalue weighted by molar-refractivity contribution is 7.13. The highest BCUT2D eigenvalue weighted by atomic mass is 32.1. The summed E-state index contributed by atoms with van der Waals surface area (Å²) in [5.41, 5.74) is 2.07. The Morgan fingerprint density at radius 1 is 1.22 bits per heavy atom. The number of carbonyl (C=O) groups excluding carboxylic acids is 1. The van der Waals surface area contributed by atoms with Crippen molar-refractivity contribution in [2.45, 2.75) is 26.3 Å². The van der Waals surface area contributed by atoms with E-state index in [0.29, 0.717) is 18.1 Å². The topological polar surface area (TPSA) is 60.9 Å². The minimum absolute atomic E-state index is 0.0407. The van der Waals surface area contributed by atoms with Gasteiger partial charge in [0.25, 0.3) is 0 Å². The number of benzene rings is 1. The lowest BCUT2D eigenvalue weighted by Gasteiger charge is -2.30. The molecule has 2 aromatic rings. The van der Waals surface area contributed by atoms with Crippen molar-refractivity contribution in [2.24, 2.45) is 5.92 Å². The van der Waals surface area contributed by atoms with Crippen LogP contribution in [0, 0.1) is 5.92 Å². The first-order valence-electron chi connectivity index (χ1n) is 9.20. The monoisotopic (exact) mass is 390 g/mol. The molecule has 1 aromatic carbocycles. The fraction of sp³-hybridized carbons (Fsp3) is 0.500. The third-order valence-electron chi connectivity index (χ3n) is 4.78. The van der Waals surface area contributed by atoms with Crippen molar-refractivity contribution in [3.05, 3.63) is 29.3 Å². The second-order valence-electron chi connectivity index (χ2n) is 6.52. The number of esters is 1. The fourth-order valence-corrected chi connectivity index (χ4v) is 4.11. The highest BCUT2D eigenvalue weighted by Crippen LogP contribution is 2.33. The molecule has 1 aromatic heterocycles. The number of methoxy groups -OCH3 is 2. The van der Waals surface area contributed by atoms with Gasteiger partial charge in [0.05, 0.1) is 32.4 Å². The van der Waals surface area contributed by atoms with Crippen molar-refractivity contribution in [1.29, 1.82) is 0 Å². The van der Waals surface area contributed by atoms with Crippen LogP contribution >= 0.6 is 11.3 Å². The third kappa shape index (κ3) is 4.78. The van der Waals surface area contributed by atoms with Crippen LogP contribution in [0.3, 0.4) is 0 Å². The number of hydrogen-bond acceptors (Lipinski definition) is 7. The number of thiazole rings is 1. The van der Waals surface area contributed by atoms with E-state index < -0.39 is 0 Å². The molecule has 0 bridgehead atoms. The van der Waals surface area contributed by atoms with Crippen LogP contribution in [-0.2, 0) is 16.1 Å². The molecule has 2 heterocycles. The van der Waals surface area contributed by atoms with Crippen LogP contribution in [0.1, 0.15) is 25.5 Å². The minimum atomic E-state index is -0.0541. The Morgan fingerprint density at radius 2 is 1.96 bits per heavy atom. The fourth-order valence-electron chi connectivity index (χ4n) is 3.30. The van der Waals surface area contributed by atoms with Crippen molar-refractivity contribution < 1.29 is 19.0 Å². The first-order valence-corrected chi connectivity index (χ1v) is 10.1. The zero-order valence-electron chi connectivity index (χ0n) is 16.1. The molecule has 0 unspecified atom stereocenters. The number of ether oxygens (including phenoxy) is 3. The van der Waals surface area contributed by atoms with Crippen LogP contribution in [0.25, 0.3) is 10.6 Å². The molecule has 1 fully saturated rings. The van der Waals surface area contributed by atoms with Gasteiger partial charge in [0.15, 0.2) is 11.5 Å². The maximum Gasteiger partial charge on any atom is 0.309 e. The summed E-state index contributed by atoms with van der Waals surface area (Å²) in [6, 6.07) is 5.84.